The quantitative estimate of drug-likeness (QED) is 0.314. The number of hydrogen-bond acceptors (Lipinski definition) is 4. The molecule has 0 heterocycles. The van der Waals surface area contributed by atoms with Gasteiger partial charge < -0.3 is 9.47 Å². The molecule has 0 spiro atoms. The molecule has 2 aliphatic carbocycles. The second kappa shape index (κ2) is 9.66. The molecule has 2 rings (SSSR count). The minimum Gasteiger partial charge on any atom is -0.451 e. The molecule has 4 nitrogen and oxygen atoms in total. The Morgan fingerprint density at radius 1 is 0.719 bits per heavy atom. The van der Waals surface area contributed by atoms with Gasteiger partial charge >= 0.3 is 11.9 Å². The van der Waals surface area contributed by atoms with Crippen molar-refractivity contribution in [3.05, 3.63) is 0 Å². The first-order valence-corrected chi connectivity index (χ1v) is 12.9. The highest BCUT2D eigenvalue weighted by Gasteiger charge is 2.43. The maximum absolute atomic E-state index is 12.8. The van der Waals surface area contributed by atoms with Crippen molar-refractivity contribution in [2.24, 2.45) is 34.5 Å². The highest BCUT2D eigenvalue weighted by atomic mass is 16.6. The van der Waals surface area contributed by atoms with Gasteiger partial charge in [0.15, 0.2) is 0 Å². The fourth-order valence-electron chi connectivity index (χ4n) is 6.25. The van der Waals surface area contributed by atoms with Crippen molar-refractivity contribution in [1.82, 2.24) is 0 Å². The molecule has 0 bridgehead atoms. The van der Waals surface area contributed by atoms with Gasteiger partial charge in [-0.2, -0.15) is 0 Å². The third-order valence-electron chi connectivity index (χ3n) is 8.97. The van der Waals surface area contributed by atoms with E-state index in [4.69, 9.17) is 9.47 Å². The monoisotopic (exact) mass is 450 g/mol. The van der Waals surface area contributed by atoms with E-state index in [0.29, 0.717) is 22.7 Å². The van der Waals surface area contributed by atoms with Gasteiger partial charge in [0.05, 0.1) is 0 Å². The number of rotatable bonds is 6. The van der Waals surface area contributed by atoms with E-state index < -0.39 is 23.1 Å². The molecule has 32 heavy (non-hydrogen) atoms. The molecule has 0 radical (unpaired) electrons. The summed E-state index contributed by atoms with van der Waals surface area (Å²) >= 11 is 0. The molecule has 0 aliphatic heterocycles. The number of hydrogen-bond donors (Lipinski definition) is 0. The lowest BCUT2D eigenvalue weighted by molar-refractivity contribution is -0.190. The lowest BCUT2D eigenvalue weighted by Gasteiger charge is -2.44. The molecule has 186 valence electrons. The fraction of sp³-hybridized carbons (Fsp3) is 0.929. The molecule has 0 saturated heterocycles. The summed E-state index contributed by atoms with van der Waals surface area (Å²) in [5.74, 6) is -0.389. The molecular formula is C28H50O4. The molecule has 0 aromatic rings. The summed E-state index contributed by atoms with van der Waals surface area (Å²) in [4.78, 5) is 25.5. The fourth-order valence-corrected chi connectivity index (χ4v) is 6.25. The topological polar surface area (TPSA) is 52.6 Å². The smallest absolute Gasteiger partial charge is 0.418 e. The average molecular weight is 451 g/mol. The van der Waals surface area contributed by atoms with E-state index >= 15 is 0 Å². The van der Waals surface area contributed by atoms with E-state index in [1.54, 1.807) is 0 Å². The van der Waals surface area contributed by atoms with Gasteiger partial charge in [-0.25, -0.2) is 9.59 Å². The Kier molecular flexibility index (Phi) is 8.21. The SMILES string of the molecule is CC(C1CCCC(C)(C)C1)C(C)(C)OC(=O)C(=O)OC(C)(C)C(C)C1CCCC(C)(C)C1. The zero-order valence-corrected chi connectivity index (χ0v) is 22.6. The highest BCUT2D eigenvalue weighted by molar-refractivity contribution is 6.29. The van der Waals surface area contributed by atoms with E-state index in [-0.39, 0.29) is 11.8 Å². The van der Waals surface area contributed by atoms with Crippen LogP contribution in [0.15, 0.2) is 0 Å². The first-order valence-electron chi connectivity index (χ1n) is 12.9. The molecule has 2 aliphatic rings. The highest BCUT2D eigenvalue weighted by Crippen LogP contribution is 2.46. The van der Waals surface area contributed by atoms with Gasteiger partial charge in [-0.15, -0.1) is 0 Å². The van der Waals surface area contributed by atoms with Crippen LogP contribution >= 0.6 is 0 Å². The van der Waals surface area contributed by atoms with Crippen molar-refractivity contribution >= 4 is 11.9 Å². The van der Waals surface area contributed by atoms with Crippen LogP contribution in [0.1, 0.15) is 121 Å². The van der Waals surface area contributed by atoms with Crippen LogP contribution in [-0.2, 0) is 19.1 Å². The average Bonchev–Trinajstić information content (AvgIpc) is 2.64. The second-order valence-corrected chi connectivity index (χ2v) is 13.6. The summed E-state index contributed by atoms with van der Waals surface area (Å²) in [7, 11) is 0. The Bertz CT molecular complexity index is 615. The lowest BCUT2D eigenvalue weighted by atomic mass is 9.65. The van der Waals surface area contributed by atoms with E-state index in [0.717, 1.165) is 25.7 Å². The van der Waals surface area contributed by atoms with Gasteiger partial charge in [-0.1, -0.05) is 67.2 Å². The van der Waals surface area contributed by atoms with Crippen LogP contribution in [0, 0.1) is 34.5 Å². The molecule has 2 saturated carbocycles. The van der Waals surface area contributed by atoms with E-state index in [1.165, 1.54) is 25.7 Å². The first kappa shape index (κ1) is 27.2. The number of esters is 2. The van der Waals surface area contributed by atoms with Gasteiger partial charge in [-0.05, 0) is 87.9 Å². The third kappa shape index (κ3) is 6.97. The van der Waals surface area contributed by atoms with E-state index in [9.17, 15) is 9.59 Å². The largest absolute Gasteiger partial charge is 0.451 e. The number of carbonyl (C=O) groups is 2. The third-order valence-corrected chi connectivity index (χ3v) is 8.97. The summed E-state index contributed by atoms with van der Waals surface area (Å²) in [6.07, 6.45) is 9.46. The van der Waals surface area contributed by atoms with Crippen LogP contribution in [0.4, 0.5) is 0 Å². The predicted molar refractivity (Wildman–Crippen MR) is 130 cm³/mol. The lowest BCUT2D eigenvalue weighted by Crippen LogP contribution is -2.46. The molecule has 4 heteroatoms. The van der Waals surface area contributed by atoms with E-state index in [2.05, 4.69) is 41.5 Å². The Morgan fingerprint density at radius 2 is 1.03 bits per heavy atom. The van der Waals surface area contributed by atoms with E-state index in [1.807, 2.05) is 27.7 Å². The van der Waals surface area contributed by atoms with Gasteiger partial charge in [0, 0.05) is 0 Å². The molecule has 0 amide bonds. The normalized spacial score (nSPS) is 27.8. The maximum Gasteiger partial charge on any atom is 0.418 e. The molecular weight excluding hydrogens is 400 g/mol. The van der Waals surface area contributed by atoms with Crippen molar-refractivity contribution in [1.29, 1.82) is 0 Å². The zero-order valence-electron chi connectivity index (χ0n) is 22.6. The zero-order chi connectivity index (χ0) is 24.5. The first-order chi connectivity index (χ1) is 14.5. The summed E-state index contributed by atoms with van der Waals surface area (Å²) in [5.41, 5.74) is -0.775. The predicted octanol–water partition coefficient (Wildman–Crippen LogP) is 7.34. The molecule has 0 N–H and O–H groups in total. The summed E-state index contributed by atoms with van der Waals surface area (Å²) in [6.45, 7) is 21.3. The molecule has 2 fully saturated rings. The Balaban J connectivity index is 1.97. The van der Waals surface area contributed by atoms with Gasteiger partial charge in [0.2, 0.25) is 0 Å². The van der Waals surface area contributed by atoms with Gasteiger partial charge in [0.25, 0.3) is 0 Å². The Hall–Kier alpha value is -1.06. The molecule has 0 aromatic carbocycles. The summed E-state index contributed by atoms with van der Waals surface area (Å²) in [6, 6.07) is 0. The molecule has 0 aromatic heterocycles. The van der Waals surface area contributed by atoms with Crippen molar-refractivity contribution in [3.63, 3.8) is 0 Å². The standard InChI is InChI=1S/C28H50O4/c1-19(21-13-11-15-25(3,4)17-21)27(7,8)31-23(29)24(30)32-28(9,10)20(2)22-14-12-16-26(5,6)18-22/h19-22H,11-18H2,1-10H3. The maximum atomic E-state index is 12.8. The Labute approximate surface area is 197 Å². The van der Waals surface area contributed by atoms with Gasteiger partial charge in [-0.3, -0.25) is 0 Å². The van der Waals surface area contributed by atoms with Crippen LogP contribution in [0.2, 0.25) is 0 Å². The molecule has 4 unspecified atom stereocenters. The number of carbonyl (C=O) groups excluding carboxylic acids is 2. The summed E-state index contributed by atoms with van der Waals surface area (Å²) in [5, 5.41) is 0. The number of ether oxygens (including phenoxy) is 2. The van der Waals surface area contributed by atoms with Crippen LogP contribution in [0.3, 0.4) is 0 Å². The van der Waals surface area contributed by atoms with Crippen LogP contribution < -0.4 is 0 Å². The van der Waals surface area contributed by atoms with Crippen LogP contribution in [-0.4, -0.2) is 23.1 Å². The van der Waals surface area contributed by atoms with Crippen molar-refractivity contribution in [2.45, 2.75) is 132 Å². The molecule has 4 atom stereocenters. The Morgan fingerprint density at radius 3 is 1.31 bits per heavy atom. The minimum atomic E-state index is -0.860. The minimum absolute atomic E-state index is 0.176. The van der Waals surface area contributed by atoms with Gasteiger partial charge in [0.1, 0.15) is 11.2 Å². The second-order valence-electron chi connectivity index (χ2n) is 13.6. The summed E-state index contributed by atoms with van der Waals surface area (Å²) < 4.78 is 11.5. The van der Waals surface area contributed by atoms with Crippen molar-refractivity contribution in [3.8, 4) is 0 Å². The van der Waals surface area contributed by atoms with Crippen LogP contribution in [0.25, 0.3) is 0 Å². The van der Waals surface area contributed by atoms with Crippen molar-refractivity contribution < 1.29 is 19.1 Å². The van der Waals surface area contributed by atoms with Crippen molar-refractivity contribution in [2.75, 3.05) is 0 Å². The van der Waals surface area contributed by atoms with Crippen LogP contribution in [0.5, 0.6) is 0 Å².